The van der Waals surface area contributed by atoms with Crippen LogP contribution in [0.2, 0.25) is 0 Å². The average Bonchev–Trinajstić information content (AvgIpc) is 2.95. The fourth-order valence-electron chi connectivity index (χ4n) is 3.65. The van der Waals surface area contributed by atoms with Crippen LogP contribution in [0.4, 0.5) is 0 Å². The first kappa shape index (κ1) is 15.8. The Morgan fingerprint density at radius 3 is 2.50 bits per heavy atom. The van der Waals surface area contributed by atoms with Gasteiger partial charge in [-0.1, -0.05) is 34.1 Å². The smallest absolute Gasteiger partial charge is 0.223 e. The van der Waals surface area contributed by atoms with E-state index in [9.17, 15) is 9.90 Å². The van der Waals surface area contributed by atoms with Crippen molar-refractivity contribution in [2.24, 2.45) is 17.3 Å². The molecular formula is C17H31NO2. The van der Waals surface area contributed by atoms with Gasteiger partial charge in [-0.15, -0.1) is 0 Å². The number of aliphatic hydroxyl groups is 1. The zero-order chi connectivity index (χ0) is 14.9. The zero-order valence-electron chi connectivity index (χ0n) is 13.6. The molecule has 0 bridgehead atoms. The summed E-state index contributed by atoms with van der Waals surface area (Å²) in [5, 5.41) is 10.1. The van der Waals surface area contributed by atoms with Gasteiger partial charge in [0.25, 0.3) is 0 Å². The number of rotatable bonds is 3. The number of carbonyl (C=O) groups is 1. The average molecular weight is 281 g/mol. The van der Waals surface area contributed by atoms with Crippen molar-refractivity contribution in [3.05, 3.63) is 0 Å². The largest absolute Gasteiger partial charge is 0.393 e. The molecule has 20 heavy (non-hydrogen) atoms. The lowest BCUT2D eigenvalue weighted by Gasteiger charge is -2.34. The molecule has 1 saturated carbocycles. The molecule has 0 radical (unpaired) electrons. The first-order chi connectivity index (χ1) is 9.30. The van der Waals surface area contributed by atoms with Crippen LogP contribution >= 0.6 is 0 Å². The molecule has 3 nitrogen and oxygen atoms in total. The van der Waals surface area contributed by atoms with Crippen molar-refractivity contribution in [1.29, 1.82) is 0 Å². The van der Waals surface area contributed by atoms with E-state index in [-0.39, 0.29) is 11.5 Å². The number of likely N-dealkylation sites (tertiary alicyclic amines) is 1. The van der Waals surface area contributed by atoms with Gasteiger partial charge in [-0.05, 0) is 37.0 Å². The lowest BCUT2D eigenvalue weighted by Crippen LogP contribution is -2.43. The summed E-state index contributed by atoms with van der Waals surface area (Å²) in [4.78, 5) is 14.7. The Kier molecular flexibility index (Phi) is 4.78. The lowest BCUT2D eigenvalue weighted by molar-refractivity contribution is -0.135. The fraction of sp³-hybridized carbons (Fsp3) is 0.941. The van der Waals surface area contributed by atoms with E-state index in [2.05, 4.69) is 32.6 Å². The molecule has 2 rings (SSSR count). The highest BCUT2D eigenvalue weighted by molar-refractivity contribution is 5.77. The van der Waals surface area contributed by atoms with Crippen molar-refractivity contribution >= 4 is 5.91 Å². The molecule has 0 aromatic rings. The highest BCUT2D eigenvalue weighted by atomic mass is 16.3. The van der Waals surface area contributed by atoms with E-state index in [0.29, 0.717) is 30.2 Å². The van der Waals surface area contributed by atoms with Gasteiger partial charge in [0.1, 0.15) is 0 Å². The molecule has 4 unspecified atom stereocenters. The molecule has 4 atom stereocenters. The minimum atomic E-state index is -0.187. The second kappa shape index (κ2) is 6.05. The Balaban J connectivity index is 1.98. The minimum absolute atomic E-state index is 0.178. The van der Waals surface area contributed by atoms with Crippen molar-refractivity contribution in [1.82, 2.24) is 4.90 Å². The van der Waals surface area contributed by atoms with Crippen LogP contribution in [-0.4, -0.2) is 34.6 Å². The molecule has 1 amide bonds. The normalized spacial score (nSPS) is 32.6. The van der Waals surface area contributed by atoms with Crippen molar-refractivity contribution in [2.75, 3.05) is 6.54 Å². The summed E-state index contributed by atoms with van der Waals surface area (Å²) in [5.74, 6) is 1.02. The third kappa shape index (κ3) is 3.36. The summed E-state index contributed by atoms with van der Waals surface area (Å²) in [5.41, 5.74) is 0.178. The summed E-state index contributed by atoms with van der Waals surface area (Å²) >= 11 is 0. The molecule has 2 fully saturated rings. The van der Waals surface area contributed by atoms with E-state index in [4.69, 9.17) is 0 Å². The lowest BCUT2D eigenvalue weighted by atomic mass is 9.80. The number of nitrogens with zero attached hydrogens (tertiary/aromatic N) is 1. The molecule has 116 valence electrons. The van der Waals surface area contributed by atoms with Crippen molar-refractivity contribution < 1.29 is 9.90 Å². The number of carbonyl (C=O) groups excluding carboxylic acids is 1. The summed E-state index contributed by atoms with van der Waals surface area (Å²) in [6.07, 6.45) is 5.76. The van der Waals surface area contributed by atoms with Gasteiger partial charge in [-0.25, -0.2) is 0 Å². The summed E-state index contributed by atoms with van der Waals surface area (Å²) in [6, 6.07) is 0.298. The van der Waals surface area contributed by atoms with E-state index in [1.165, 1.54) is 0 Å². The third-order valence-electron chi connectivity index (χ3n) is 5.60. The fourth-order valence-corrected chi connectivity index (χ4v) is 3.65. The summed E-state index contributed by atoms with van der Waals surface area (Å²) in [7, 11) is 0. The van der Waals surface area contributed by atoms with Crippen molar-refractivity contribution in [2.45, 2.75) is 78.4 Å². The highest BCUT2D eigenvalue weighted by Crippen LogP contribution is 2.37. The van der Waals surface area contributed by atoms with Crippen molar-refractivity contribution in [3.8, 4) is 0 Å². The quantitative estimate of drug-likeness (QED) is 0.863. The maximum absolute atomic E-state index is 12.6. The summed E-state index contributed by atoms with van der Waals surface area (Å²) < 4.78 is 0. The number of hydrogen-bond acceptors (Lipinski definition) is 2. The minimum Gasteiger partial charge on any atom is -0.393 e. The first-order valence-corrected chi connectivity index (χ1v) is 8.28. The zero-order valence-corrected chi connectivity index (χ0v) is 13.6. The molecule has 1 N–H and O–H groups in total. The van der Waals surface area contributed by atoms with Crippen molar-refractivity contribution in [3.63, 3.8) is 0 Å². The van der Waals surface area contributed by atoms with Gasteiger partial charge in [0, 0.05) is 24.9 Å². The Bertz CT molecular complexity index is 347. The molecule has 1 heterocycles. The predicted octanol–water partition coefficient (Wildman–Crippen LogP) is 3.21. The van der Waals surface area contributed by atoms with Crippen LogP contribution in [0, 0.1) is 17.3 Å². The second-order valence-electron chi connectivity index (χ2n) is 7.93. The SMILES string of the molecule is CC(CC(=O)N1CCCC1C1CCCC1O)C(C)(C)C. The van der Waals surface area contributed by atoms with Gasteiger partial charge >= 0.3 is 0 Å². The van der Waals surface area contributed by atoms with Crippen LogP contribution < -0.4 is 0 Å². The third-order valence-corrected chi connectivity index (χ3v) is 5.60. The van der Waals surface area contributed by atoms with Gasteiger partial charge in [-0.3, -0.25) is 4.79 Å². The first-order valence-electron chi connectivity index (χ1n) is 8.28. The Hall–Kier alpha value is -0.570. The van der Waals surface area contributed by atoms with Crippen LogP contribution in [-0.2, 0) is 4.79 Å². The Morgan fingerprint density at radius 1 is 1.25 bits per heavy atom. The van der Waals surface area contributed by atoms with E-state index in [1.54, 1.807) is 0 Å². The predicted molar refractivity (Wildman–Crippen MR) is 81.3 cm³/mol. The van der Waals surface area contributed by atoms with Crippen LogP contribution in [0.3, 0.4) is 0 Å². The van der Waals surface area contributed by atoms with Crippen LogP contribution in [0.25, 0.3) is 0 Å². The van der Waals surface area contributed by atoms with Gasteiger partial charge in [-0.2, -0.15) is 0 Å². The maximum Gasteiger partial charge on any atom is 0.223 e. The molecule has 0 aromatic heterocycles. The topological polar surface area (TPSA) is 40.5 Å². The second-order valence-corrected chi connectivity index (χ2v) is 7.93. The summed E-state index contributed by atoms with van der Waals surface area (Å²) in [6.45, 7) is 9.67. The monoisotopic (exact) mass is 281 g/mol. The van der Waals surface area contributed by atoms with Gasteiger partial charge in [0.05, 0.1) is 6.10 Å². The van der Waals surface area contributed by atoms with E-state index in [0.717, 1.165) is 38.6 Å². The number of aliphatic hydroxyl groups excluding tert-OH is 1. The van der Waals surface area contributed by atoms with E-state index < -0.39 is 0 Å². The molecule has 1 saturated heterocycles. The van der Waals surface area contributed by atoms with Gasteiger partial charge in [0.2, 0.25) is 5.91 Å². The van der Waals surface area contributed by atoms with Crippen LogP contribution in [0.1, 0.15) is 66.2 Å². The molecule has 1 aliphatic carbocycles. The molecule has 0 spiro atoms. The van der Waals surface area contributed by atoms with Gasteiger partial charge < -0.3 is 10.0 Å². The van der Waals surface area contributed by atoms with Gasteiger partial charge in [0.15, 0.2) is 0 Å². The molecule has 1 aliphatic heterocycles. The maximum atomic E-state index is 12.6. The molecule has 3 heteroatoms. The molecule has 0 aromatic carbocycles. The Morgan fingerprint density at radius 2 is 1.95 bits per heavy atom. The standard InChI is InChI=1S/C17H31NO2/c1-12(17(2,3)4)11-16(20)18-10-6-8-14(18)13-7-5-9-15(13)19/h12-15,19H,5-11H2,1-4H3. The van der Waals surface area contributed by atoms with Crippen LogP contribution in [0.5, 0.6) is 0 Å². The van der Waals surface area contributed by atoms with Crippen LogP contribution in [0.15, 0.2) is 0 Å². The Labute approximate surface area is 123 Å². The highest BCUT2D eigenvalue weighted by Gasteiger charge is 2.40. The number of hydrogen-bond donors (Lipinski definition) is 1. The van der Waals surface area contributed by atoms with E-state index >= 15 is 0 Å². The van der Waals surface area contributed by atoms with E-state index in [1.807, 2.05) is 0 Å². The number of amides is 1. The molecule has 2 aliphatic rings. The molecular weight excluding hydrogens is 250 g/mol.